The molecule has 12 rings (SSSR count). The van der Waals surface area contributed by atoms with Crippen LogP contribution >= 0.6 is 0 Å². The molecule has 0 saturated carbocycles. The lowest BCUT2D eigenvalue weighted by atomic mass is 10.0. The van der Waals surface area contributed by atoms with Crippen molar-refractivity contribution in [2.24, 2.45) is 0 Å². The molecule has 0 atom stereocenters. The number of hydrogen-bond acceptors (Lipinski definition) is 3. The monoisotopic (exact) mass is 728 g/mol. The fraction of sp³-hybridized carbons (Fsp3) is 0. The highest BCUT2D eigenvalue weighted by molar-refractivity contribution is 6.25. The second-order valence-electron chi connectivity index (χ2n) is 14.5. The molecule has 6 nitrogen and oxygen atoms in total. The van der Waals surface area contributed by atoms with Crippen LogP contribution in [0.2, 0.25) is 0 Å². The molecule has 0 unspecified atom stereocenters. The minimum absolute atomic E-state index is 0.579. The average molecular weight is 729 g/mol. The van der Waals surface area contributed by atoms with Crippen molar-refractivity contribution in [3.63, 3.8) is 0 Å². The van der Waals surface area contributed by atoms with Gasteiger partial charge >= 0.3 is 0 Å². The highest BCUT2D eigenvalue weighted by Crippen LogP contribution is 2.41. The Hall–Kier alpha value is -7.83. The minimum Gasteiger partial charge on any atom is -0.317 e. The molecular weight excluding hydrogens is 697 g/mol. The van der Waals surface area contributed by atoms with Gasteiger partial charge in [0, 0.05) is 61.0 Å². The van der Waals surface area contributed by atoms with E-state index in [4.69, 9.17) is 15.0 Å². The molecule has 0 bridgehead atoms. The fourth-order valence-electron chi connectivity index (χ4n) is 8.78. The Morgan fingerprint density at radius 3 is 1.61 bits per heavy atom. The number of benzene rings is 8. The average Bonchev–Trinajstić information content (AvgIpc) is 3.97. The lowest BCUT2D eigenvalue weighted by Crippen LogP contribution is -2.06. The second kappa shape index (κ2) is 12.3. The first-order chi connectivity index (χ1) is 28.3. The van der Waals surface area contributed by atoms with Crippen LogP contribution in [0.15, 0.2) is 194 Å². The van der Waals surface area contributed by atoms with Crippen LogP contribution in [0.4, 0.5) is 0 Å². The van der Waals surface area contributed by atoms with Gasteiger partial charge in [0.1, 0.15) is 0 Å². The summed E-state index contributed by atoms with van der Waals surface area (Å²) in [5.41, 5.74) is 9.72. The molecule has 8 aromatic carbocycles. The maximum Gasteiger partial charge on any atom is 0.238 e. The summed E-state index contributed by atoms with van der Waals surface area (Å²) in [5.74, 6) is 1.84. The van der Waals surface area contributed by atoms with Crippen molar-refractivity contribution < 1.29 is 0 Å². The van der Waals surface area contributed by atoms with Gasteiger partial charge in [-0.05, 0) is 60.0 Å². The van der Waals surface area contributed by atoms with E-state index >= 15 is 0 Å². The summed E-state index contributed by atoms with van der Waals surface area (Å²) in [4.78, 5) is 15.3. The fourth-order valence-corrected chi connectivity index (χ4v) is 8.78. The summed E-state index contributed by atoms with van der Waals surface area (Å²) in [5, 5.41) is 8.38. The number of aromatic nitrogens is 6. The summed E-state index contributed by atoms with van der Waals surface area (Å²) < 4.78 is 6.93. The Morgan fingerprint density at radius 1 is 0.351 bits per heavy atom. The molecule has 0 aliphatic carbocycles. The largest absolute Gasteiger partial charge is 0.317 e. The van der Waals surface area contributed by atoms with Crippen LogP contribution in [-0.4, -0.2) is 28.7 Å². The zero-order chi connectivity index (χ0) is 37.5. The van der Waals surface area contributed by atoms with Crippen molar-refractivity contribution in [3.05, 3.63) is 194 Å². The van der Waals surface area contributed by atoms with Crippen LogP contribution in [0.1, 0.15) is 0 Å². The topological polar surface area (TPSA) is 53.5 Å². The zero-order valence-electron chi connectivity index (χ0n) is 30.7. The molecule has 0 radical (unpaired) electrons. The van der Waals surface area contributed by atoms with E-state index in [1.807, 2.05) is 60.7 Å². The molecule has 0 fully saturated rings. The smallest absolute Gasteiger partial charge is 0.238 e. The standard InChI is InChI=1S/C51H32N6/c1-4-14-34(15-5-1)49-52-50(35-16-6-2-7-17-35)54-51(53-49)57-45-23-13-11-21-39(45)42-32-37(26-29-46(42)57)56-44-22-12-10-20-38(44)40-27-24-33-25-28-43-41(47(33)48(40)56)30-31-55(43)36-18-8-3-9-19-36/h1-32H. The predicted octanol–water partition coefficient (Wildman–Crippen LogP) is 12.5. The van der Waals surface area contributed by atoms with Crippen molar-refractivity contribution in [3.8, 4) is 40.1 Å². The number of fused-ring (bicyclic) bond motifs is 10. The van der Waals surface area contributed by atoms with Gasteiger partial charge in [-0.1, -0.05) is 133 Å². The number of para-hydroxylation sites is 3. The number of rotatable bonds is 5. The van der Waals surface area contributed by atoms with Crippen LogP contribution in [-0.2, 0) is 0 Å². The van der Waals surface area contributed by atoms with Crippen molar-refractivity contribution in [1.82, 2.24) is 28.7 Å². The van der Waals surface area contributed by atoms with Gasteiger partial charge in [0.15, 0.2) is 11.6 Å². The van der Waals surface area contributed by atoms with Crippen LogP contribution in [0.5, 0.6) is 0 Å². The van der Waals surface area contributed by atoms with E-state index in [2.05, 4.69) is 147 Å². The quantitative estimate of drug-likeness (QED) is 0.177. The lowest BCUT2D eigenvalue weighted by molar-refractivity contribution is 0.953. The molecule has 0 saturated heterocycles. The Morgan fingerprint density at radius 2 is 0.912 bits per heavy atom. The molecule has 6 heteroatoms. The van der Waals surface area contributed by atoms with Crippen molar-refractivity contribution in [2.45, 2.75) is 0 Å². The molecular formula is C51H32N6. The SMILES string of the molecule is c1ccc(-c2nc(-c3ccccc3)nc(-n3c4ccccc4c4cc(-n5c6ccccc6c6ccc7ccc8c(ccn8-c8ccccc8)c7c65)ccc43)n2)cc1. The first-order valence-corrected chi connectivity index (χ1v) is 19.2. The van der Waals surface area contributed by atoms with E-state index in [0.29, 0.717) is 17.6 Å². The third kappa shape index (κ3) is 4.81. The van der Waals surface area contributed by atoms with Gasteiger partial charge in [-0.3, -0.25) is 4.57 Å². The maximum absolute atomic E-state index is 5.15. The Labute approximate surface area is 327 Å². The molecule has 0 N–H and O–H groups in total. The first-order valence-electron chi connectivity index (χ1n) is 19.2. The van der Waals surface area contributed by atoms with Crippen LogP contribution < -0.4 is 0 Å². The highest BCUT2D eigenvalue weighted by atomic mass is 15.2. The molecule has 0 aliphatic rings. The summed E-state index contributed by atoms with van der Waals surface area (Å²) >= 11 is 0. The van der Waals surface area contributed by atoms with Crippen LogP contribution in [0, 0.1) is 0 Å². The predicted molar refractivity (Wildman–Crippen MR) is 234 cm³/mol. The summed E-state index contributed by atoms with van der Waals surface area (Å²) in [6.45, 7) is 0. The van der Waals surface area contributed by atoms with Crippen molar-refractivity contribution >= 4 is 65.3 Å². The van der Waals surface area contributed by atoms with E-state index in [1.54, 1.807) is 0 Å². The van der Waals surface area contributed by atoms with E-state index in [9.17, 15) is 0 Å². The molecule has 0 aliphatic heterocycles. The Bertz CT molecular complexity index is 3450. The number of nitrogens with zero attached hydrogens (tertiary/aromatic N) is 6. The summed E-state index contributed by atoms with van der Waals surface area (Å²) in [7, 11) is 0. The van der Waals surface area contributed by atoms with E-state index < -0.39 is 0 Å². The first kappa shape index (κ1) is 31.5. The van der Waals surface area contributed by atoms with E-state index in [-0.39, 0.29) is 0 Å². The summed E-state index contributed by atoms with van der Waals surface area (Å²) in [6, 6.07) is 66.3. The maximum atomic E-state index is 5.15. The molecule has 57 heavy (non-hydrogen) atoms. The third-order valence-electron chi connectivity index (χ3n) is 11.3. The molecule has 12 aromatic rings. The van der Waals surface area contributed by atoms with E-state index in [0.717, 1.165) is 44.3 Å². The van der Waals surface area contributed by atoms with Crippen molar-refractivity contribution in [2.75, 3.05) is 0 Å². The normalized spacial score (nSPS) is 11.9. The van der Waals surface area contributed by atoms with Crippen molar-refractivity contribution in [1.29, 1.82) is 0 Å². The molecule has 266 valence electrons. The van der Waals surface area contributed by atoms with Crippen LogP contribution in [0.25, 0.3) is 105 Å². The summed E-state index contributed by atoms with van der Waals surface area (Å²) in [6.07, 6.45) is 2.19. The Balaban J connectivity index is 1.13. The van der Waals surface area contributed by atoms with Gasteiger partial charge in [0.05, 0.1) is 27.6 Å². The number of hydrogen-bond donors (Lipinski definition) is 0. The molecule has 0 spiro atoms. The minimum atomic E-state index is 0.579. The Kier molecular flexibility index (Phi) is 6.83. The molecule has 4 heterocycles. The van der Waals surface area contributed by atoms with E-state index in [1.165, 1.54) is 43.5 Å². The van der Waals surface area contributed by atoms with Gasteiger partial charge in [-0.25, -0.2) is 4.98 Å². The molecule has 4 aromatic heterocycles. The lowest BCUT2D eigenvalue weighted by Gasteiger charge is -2.13. The zero-order valence-corrected chi connectivity index (χ0v) is 30.7. The molecule has 0 amide bonds. The van der Waals surface area contributed by atoms with Gasteiger partial charge in [0.25, 0.3) is 0 Å². The second-order valence-corrected chi connectivity index (χ2v) is 14.5. The van der Waals surface area contributed by atoms with Crippen LogP contribution in [0.3, 0.4) is 0 Å². The van der Waals surface area contributed by atoms with Gasteiger partial charge in [-0.15, -0.1) is 0 Å². The highest BCUT2D eigenvalue weighted by Gasteiger charge is 2.21. The van der Waals surface area contributed by atoms with Gasteiger partial charge in [0.2, 0.25) is 5.95 Å². The third-order valence-corrected chi connectivity index (χ3v) is 11.3. The van der Waals surface area contributed by atoms with Gasteiger partial charge in [-0.2, -0.15) is 9.97 Å². The van der Waals surface area contributed by atoms with Gasteiger partial charge < -0.3 is 9.13 Å².